The predicted molar refractivity (Wildman–Crippen MR) is 100 cm³/mol. The SMILES string of the molecule is COC(=O)COc1c(C)cc(/C=C2/C(=O)NC(=O)c3ccccc32)cc1C. The monoisotopic (exact) mass is 365 g/mol. The third-order valence-electron chi connectivity index (χ3n) is 4.29. The van der Waals surface area contributed by atoms with Crippen LogP contribution >= 0.6 is 0 Å². The van der Waals surface area contributed by atoms with Gasteiger partial charge in [0.1, 0.15) is 5.75 Å². The van der Waals surface area contributed by atoms with Gasteiger partial charge < -0.3 is 9.47 Å². The molecule has 6 heteroatoms. The van der Waals surface area contributed by atoms with Crippen molar-refractivity contribution in [2.75, 3.05) is 13.7 Å². The Morgan fingerprint density at radius 2 is 1.67 bits per heavy atom. The summed E-state index contributed by atoms with van der Waals surface area (Å²) in [5.74, 6) is -0.682. The maximum absolute atomic E-state index is 12.3. The zero-order valence-electron chi connectivity index (χ0n) is 15.3. The third-order valence-corrected chi connectivity index (χ3v) is 4.29. The summed E-state index contributed by atoms with van der Waals surface area (Å²) >= 11 is 0. The molecule has 2 aromatic carbocycles. The summed E-state index contributed by atoms with van der Waals surface area (Å²) in [5.41, 5.74) is 3.94. The lowest BCUT2D eigenvalue weighted by atomic mass is 9.93. The van der Waals surface area contributed by atoms with Gasteiger partial charge in [0, 0.05) is 11.1 Å². The van der Waals surface area contributed by atoms with E-state index in [0.29, 0.717) is 22.4 Å². The van der Waals surface area contributed by atoms with Gasteiger partial charge in [-0.3, -0.25) is 14.9 Å². The number of carbonyl (C=O) groups excluding carboxylic acids is 3. The Labute approximate surface area is 156 Å². The molecule has 1 heterocycles. The van der Waals surface area contributed by atoms with E-state index < -0.39 is 17.8 Å². The van der Waals surface area contributed by atoms with Gasteiger partial charge in [-0.1, -0.05) is 18.2 Å². The Morgan fingerprint density at radius 1 is 1.04 bits per heavy atom. The van der Waals surface area contributed by atoms with E-state index in [-0.39, 0.29) is 6.61 Å². The van der Waals surface area contributed by atoms with Crippen molar-refractivity contribution in [2.45, 2.75) is 13.8 Å². The van der Waals surface area contributed by atoms with Crippen molar-refractivity contribution in [3.05, 3.63) is 64.2 Å². The van der Waals surface area contributed by atoms with E-state index in [2.05, 4.69) is 10.1 Å². The molecule has 0 fully saturated rings. The molecule has 1 N–H and O–H groups in total. The molecule has 27 heavy (non-hydrogen) atoms. The van der Waals surface area contributed by atoms with Crippen molar-refractivity contribution in [3.63, 3.8) is 0 Å². The number of hydrogen-bond acceptors (Lipinski definition) is 5. The van der Waals surface area contributed by atoms with E-state index >= 15 is 0 Å². The van der Waals surface area contributed by atoms with E-state index in [1.807, 2.05) is 26.0 Å². The zero-order valence-corrected chi connectivity index (χ0v) is 15.3. The van der Waals surface area contributed by atoms with E-state index in [0.717, 1.165) is 16.7 Å². The highest BCUT2D eigenvalue weighted by Crippen LogP contribution is 2.29. The normalized spacial score (nSPS) is 14.6. The molecule has 0 radical (unpaired) electrons. The molecule has 138 valence electrons. The predicted octanol–water partition coefficient (Wildman–Crippen LogP) is 2.67. The van der Waals surface area contributed by atoms with Crippen LogP contribution in [-0.4, -0.2) is 31.5 Å². The molecule has 3 rings (SSSR count). The molecule has 6 nitrogen and oxygen atoms in total. The number of rotatable bonds is 4. The lowest BCUT2D eigenvalue weighted by Gasteiger charge is -2.18. The number of esters is 1. The number of amides is 2. The average molecular weight is 365 g/mol. The summed E-state index contributed by atoms with van der Waals surface area (Å²) in [5, 5.41) is 2.36. The van der Waals surface area contributed by atoms with Crippen molar-refractivity contribution < 1.29 is 23.9 Å². The van der Waals surface area contributed by atoms with E-state index in [9.17, 15) is 14.4 Å². The van der Waals surface area contributed by atoms with Crippen LogP contribution in [-0.2, 0) is 14.3 Å². The Hall–Kier alpha value is -3.41. The topological polar surface area (TPSA) is 81.7 Å². The highest BCUT2D eigenvalue weighted by molar-refractivity contribution is 6.33. The van der Waals surface area contributed by atoms with Gasteiger partial charge in [-0.05, 0) is 60.4 Å². The molecule has 0 saturated heterocycles. The van der Waals surface area contributed by atoms with Crippen LogP contribution in [0.5, 0.6) is 5.75 Å². The second-order valence-electron chi connectivity index (χ2n) is 6.24. The first kappa shape index (κ1) is 18.4. The smallest absolute Gasteiger partial charge is 0.343 e. The minimum Gasteiger partial charge on any atom is -0.481 e. The molecule has 1 aliphatic heterocycles. The highest BCUT2D eigenvalue weighted by Gasteiger charge is 2.26. The molecule has 1 aliphatic rings. The van der Waals surface area contributed by atoms with Gasteiger partial charge >= 0.3 is 5.97 Å². The van der Waals surface area contributed by atoms with Crippen LogP contribution in [0.2, 0.25) is 0 Å². The van der Waals surface area contributed by atoms with Crippen molar-refractivity contribution in [2.24, 2.45) is 0 Å². The van der Waals surface area contributed by atoms with Crippen molar-refractivity contribution >= 4 is 29.4 Å². The Balaban J connectivity index is 1.98. The third kappa shape index (κ3) is 3.74. The van der Waals surface area contributed by atoms with Crippen LogP contribution in [0, 0.1) is 13.8 Å². The number of ether oxygens (including phenoxy) is 2. The maximum Gasteiger partial charge on any atom is 0.343 e. The van der Waals surface area contributed by atoms with Crippen LogP contribution in [0.25, 0.3) is 11.6 Å². The molecular formula is C21H19NO5. The van der Waals surface area contributed by atoms with Gasteiger partial charge in [0.15, 0.2) is 6.61 Å². The molecule has 0 atom stereocenters. The van der Waals surface area contributed by atoms with E-state index in [1.165, 1.54) is 7.11 Å². The van der Waals surface area contributed by atoms with Crippen molar-refractivity contribution in [1.82, 2.24) is 5.32 Å². The molecule has 0 saturated carbocycles. The van der Waals surface area contributed by atoms with Gasteiger partial charge in [0.05, 0.1) is 7.11 Å². The van der Waals surface area contributed by atoms with Crippen molar-refractivity contribution in [1.29, 1.82) is 0 Å². The minimum absolute atomic E-state index is 0.170. The summed E-state index contributed by atoms with van der Waals surface area (Å²) in [6.45, 7) is 3.55. The number of hydrogen-bond donors (Lipinski definition) is 1. The van der Waals surface area contributed by atoms with Crippen LogP contribution in [0.3, 0.4) is 0 Å². The Bertz CT molecular complexity index is 951. The quantitative estimate of drug-likeness (QED) is 0.512. The van der Waals surface area contributed by atoms with Gasteiger partial charge in [-0.2, -0.15) is 0 Å². The van der Waals surface area contributed by atoms with E-state index in [4.69, 9.17) is 4.74 Å². The largest absolute Gasteiger partial charge is 0.481 e. The van der Waals surface area contributed by atoms with Crippen LogP contribution in [0.15, 0.2) is 36.4 Å². The van der Waals surface area contributed by atoms with Crippen LogP contribution in [0.1, 0.15) is 32.6 Å². The standard InChI is InChI=1S/C21H19NO5/c1-12-8-14(9-13(2)19(12)27-11-18(23)26-3)10-17-15-6-4-5-7-16(15)20(24)22-21(17)25/h4-10H,11H2,1-3H3,(H,22,24,25)/b17-10+. The first-order valence-corrected chi connectivity index (χ1v) is 8.38. The second kappa shape index (κ2) is 7.45. The maximum atomic E-state index is 12.3. The molecule has 0 aromatic heterocycles. The molecule has 0 bridgehead atoms. The minimum atomic E-state index is -0.458. The number of nitrogens with one attached hydrogen (secondary N) is 1. The number of aryl methyl sites for hydroxylation is 2. The molecule has 2 aromatic rings. The molecule has 2 amide bonds. The zero-order chi connectivity index (χ0) is 19.6. The van der Waals surface area contributed by atoms with Crippen LogP contribution in [0.4, 0.5) is 0 Å². The number of benzene rings is 2. The molecule has 0 spiro atoms. The first-order valence-electron chi connectivity index (χ1n) is 8.38. The summed E-state index contributed by atoms with van der Waals surface area (Å²) in [6.07, 6.45) is 1.74. The Kier molecular flexibility index (Phi) is 5.07. The Morgan fingerprint density at radius 3 is 2.30 bits per heavy atom. The first-order chi connectivity index (χ1) is 12.9. The number of methoxy groups -OCH3 is 1. The van der Waals surface area contributed by atoms with Crippen LogP contribution < -0.4 is 10.1 Å². The second-order valence-corrected chi connectivity index (χ2v) is 6.24. The van der Waals surface area contributed by atoms with Gasteiger partial charge in [-0.25, -0.2) is 4.79 Å². The lowest BCUT2D eigenvalue weighted by Crippen LogP contribution is -2.36. The van der Waals surface area contributed by atoms with Gasteiger partial charge in [0.2, 0.25) is 0 Å². The number of imide groups is 1. The summed E-state index contributed by atoms with van der Waals surface area (Å²) in [6, 6.07) is 10.7. The van der Waals surface area contributed by atoms with Gasteiger partial charge in [0.25, 0.3) is 11.8 Å². The fourth-order valence-corrected chi connectivity index (χ4v) is 3.07. The van der Waals surface area contributed by atoms with E-state index in [1.54, 1.807) is 30.3 Å². The fourth-order valence-electron chi connectivity index (χ4n) is 3.07. The average Bonchev–Trinajstić information content (AvgIpc) is 2.64. The molecule has 0 aliphatic carbocycles. The summed E-state index contributed by atoms with van der Waals surface area (Å²) in [7, 11) is 1.30. The molecular weight excluding hydrogens is 346 g/mol. The van der Waals surface area contributed by atoms with Crippen molar-refractivity contribution in [3.8, 4) is 5.75 Å². The summed E-state index contributed by atoms with van der Waals surface area (Å²) in [4.78, 5) is 35.6. The molecule has 0 unspecified atom stereocenters. The lowest BCUT2D eigenvalue weighted by molar-refractivity contribution is -0.142. The number of fused-ring (bicyclic) bond motifs is 1. The van der Waals surface area contributed by atoms with Gasteiger partial charge in [-0.15, -0.1) is 0 Å². The fraction of sp³-hybridized carbons (Fsp3) is 0.190. The summed E-state index contributed by atoms with van der Waals surface area (Å²) < 4.78 is 10.1. The highest BCUT2D eigenvalue weighted by atomic mass is 16.6. The number of carbonyl (C=O) groups is 3.